The van der Waals surface area contributed by atoms with Crippen LogP contribution in [0.1, 0.15) is 0 Å². The van der Waals surface area contributed by atoms with E-state index in [1.54, 1.807) is 0 Å². The summed E-state index contributed by atoms with van der Waals surface area (Å²) in [5.41, 5.74) is 0. The summed E-state index contributed by atoms with van der Waals surface area (Å²) in [6.07, 6.45) is 4.83. The third-order valence-electron chi connectivity index (χ3n) is 1.85. The Morgan fingerprint density at radius 1 is 0.680 bits per heavy atom. The number of rotatable bonds is 2. The van der Waals surface area contributed by atoms with Gasteiger partial charge in [0.2, 0.25) is 0 Å². The number of hydrogen-bond donors (Lipinski definition) is 0. The van der Waals surface area contributed by atoms with Crippen molar-refractivity contribution in [2.75, 3.05) is 0 Å². The molecule has 12 N–H and O–H groups in total. The van der Waals surface area contributed by atoms with Crippen LogP contribution in [0.3, 0.4) is 0 Å². The largest absolute Gasteiger partial charge is 2.00 e. The predicted octanol–water partition coefficient (Wildman–Crippen LogP) is -3.72. The zero-order valence-electron chi connectivity index (χ0n) is 12.4. The van der Waals surface area contributed by atoms with Crippen LogP contribution in [0.4, 0.5) is 0 Å². The zero-order chi connectivity index (χ0) is 15.2. The molecule has 0 aliphatic carbocycles. The van der Waals surface area contributed by atoms with Crippen molar-refractivity contribution in [3.05, 3.63) is 49.1 Å². The van der Waals surface area contributed by atoms with Gasteiger partial charge in [0.15, 0.2) is 0 Å². The average Bonchev–Trinajstić information content (AvgIpc) is 2.40. The smallest absolute Gasteiger partial charge is 0.744 e. The molecule has 2 aromatic heterocycles. The Morgan fingerprint density at radius 2 is 0.960 bits per heavy atom. The monoisotopic (exact) mass is 451 g/mol. The molecule has 2 heterocycles. The van der Waals surface area contributed by atoms with Crippen LogP contribution in [0.2, 0.25) is 0 Å². The molecular weight excluding hydrogens is 431 g/mol. The second-order valence-corrected chi connectivity index (χ2v) is 6.05. The minimum atomic E-state index is -4.32. The third kappa shape index (κ3) is 13.4. The fourth-order valence-electron chi connectivity index (χ4n) is 0.990. The van der Waals surface area contributed by atoms with E-state index >= 15 is 0 Å². The molecule has 0 saturated heterocycles. The first-order valence-electron chi connectivity index (χ1n) is 4.93. The van der Waals surface area contributed by atoms with Gasteiger partial charge in [0.05, 0.1) is 9.79 Å². The van der Waals surface area contributed by atoms with Gasteiger partial charge in [-0.15, -0.1) is 0 Å². The Balaban J connectivity index is -0.0000000889. The third-order valence-corrected chi connectivity index (χ3v) is 3.48. The molecule has 0 aromatic carbocycles. The predicted molar refractivity (Wildman–Crippen MR) is 83.9 cm³/mol. The zero-order valence-corrected chi connectivity index (χ0v) is 15.1. The maximum atomic E-state index is 10.2. The van der Waals surface area contributed by atoms with Crippen LogP contribution < -0.4 is 0 Å². The first-order valence-corrected chi connectivity index (χ1v) is 7.75. The van der Waals surface area contributed by atoms with E-state index in [-0.39, 0.29) is 48.5 Å². The van der Waals surface area contributed by atoms with Gasteiger partial charge in [-0.25, -0.2) is 16.8 Å². The molecule has 0 bridgehead atoms. The molecule has 0 atom stereocenters. The van der Waals surface area contributed by atoms with Gasteiger partial charge in [-0.2, -0.15) is 0 Å². The van der Waals surface area contributed by atoms with E-state index in [0.717, 1.165) is 12.4 Å². The summed E-state index contributed by atoms with van der Waals surface area (Å²) in [5, 5.41) is 0. The molecule has 0 aliphatic heterocycles. The maximum absolute atomic E-state index is 10.2. The molecule has 12 nitrogen and oxygen atoms in total. The van der Waals surface area contributed by atoms with E-state index in [0.29, 0.717) is 0 Å². The van der Waals surface area contributed by atoms with Crippen LogP contribution in [-0.4, -0.2) is 35.9 Å². The van der Waals surface area contributed by atoms with Gasteiger partial charge >= 0.3 is 16.8 Å². The Hall–Kier alpha value is -1.53. The average molecular weight is 451 g/mol. The van der Waals surface area contributed by atoms with E-state index in [4.69, 9.17) is 0 Å². The second-order valence-electron chi connectivity index (χ2n) is 3.29. The first kappa shape index (κ1) is 34.7. The Morgan fingerprint density at radius 3 is 1.08 bits per heavy atom. The van der Waals surface area contributed by atoms with Crippen LogP contribution in [0.25, 0.3) is 0 Å². The fourth-order valence-corrected chi connectivity index (χ4v) is 1.86. The van der Waals surface area contributed by atoms with Crippen molar-refractivity contribution in [1.29, 1.82) is 0 Å². The molecule has 0 aliphatic rings. The standard InChI is InChI=1S/2C5H5NO3S.Co.4H2O/c2*7-10(8,9)5-2-1-3-6-4-5;;;;;/h2*1-4H,(H,7,8,9);;4*1H2/q;;+2;;;;/p+2. The molecule has 25 heavy (non-hydrogen) atoms. The van der Waals surface area contributed by atoms with Gasteiger partial charge in [0.1, 0.15) is 20.2 Å². The van der Waals surface area contributed by atoms with Crippen molar-refractivity contribution < 1.29 is 64.6 Å². The summed E-state index contributed by atoms with van der Waals surface area (Å²) in [7, 11) is -8.63. The van der Waals surface area contributed by atoms with E-state index < -0.39 is 20.2 Å². The van der Waals surface area contributed by atoms with E-state index in [9.17, 15) is 25.9 Å². The molecule has 0 amide bonds. The second kappa shape index (κ2) is 14.8. The fraction of sp³-hybridized carbons (Fsp3) is 0. The van der Waals surface area contributed by atoms with Crippen molar-refractivity contribution in [3.63, 3.8) is 0 Å². The maximum Gasteiger partial charge on any atom is 2.00 e. The minimum Gasteiger partial charge on any atom is -0.744 e. The SMILES string of the molecule is O=S(=O)([O-])c1cccnc1.O=S(=O)([O-])c1cccnc1.[Co+2].[OH3+].[OH3+].[OH3+].[OH3+]. The molecule has 0 fully saturated rings. The number of nitrogens with zero attached hydrogens (tertiary/aromatic N) is 2. The van der Waals surface area contributed by atoms with E-state index in [1.807, 2.05) is 0 Å². The molecule has 147 valence electrons. The van der Waals surface area contributed by atoms with Crippen LogP contribution in [0.5, 0.6) is 0 Å². The van der Waals surface area contributed by atoms with Gasteiger partial charge in [0, 0.05) is 24.8 Å². The molecular formula is C10H20CoN2O10S2+4. The molecule has 2 aromatic rings. The summed E-state index contributed by atoms with van der Waals surface area (Å²) >= 11 is 0. The Kier molecular flexibility index (Phi) is 20.5. The number of hydrogen-bond acceptors (Lipinski definition) is 8. The number of aromatic nitrogens is 2. The van der Waals surface area contributed by atoms with Crippen molar-refractivity contribution in [3.8, 4) is 0 Å². The van der Waals surface area contributed by atoms with Crippen molar-refractivity contribution in [1.82, 2.24) is 9.97 Å². The van der Waals surface area contributed by atoms with Crippen molar-refractivity contribution >= 4 is 20.2 Å². The summed E-state index contributed by atoms with van der Waals surface area (Å²) < 4.78 is 61.4. The summed E-state index contributed by atoms with van der Waals surface area (Å²) in [4.78, 5) is 6.35. The quantitative estimate of drug-likeness (QED) is 0.322. The van der Waals surface area contributed by atoms with Gasteiger partial charge in [0.25, 0.3) is 0 Å². The van der Waals surface area contributed by atoms with E-state index in [1.165, 1.54) is 36.7 Å². The normalized spacial score (nSPS) is 9.04. The van der Waals surface area contributed by atoms with Gasteiger partial charge in [-0.1, -0.05) is 0 Å². The summed E-state index contributed by atoms with van der Waals surface area (Å²) in [6, 6.07) is 5.19. The van der Waals surface area contributed by atoms with Crippen molar-refractivity contribution in [2.24, 2.45) is 0 Å². The number of pyridine rings is 2. The Labute approximate surface area is 153 Å². The van der Waals surface area contributed by atoms with Crippen LogP contribution in [-0.2, 0) is 58.9 Å². The van der Waals surface area contributed by atoms with Crippen LogP contribution >= 0.6 is 0 Å². The Bertz CT molecular complexity index is 689. The molecule has 0 spiro atoms. The molecule has 1 radical (unpaired) electrons. The van der Waals surface area contributed by atoms with E-state index in [2.05, 4.69) is 9.97 Å². The molecule has 0 saturated carbocycles. The first-order chi connectivity index (χ1) is 9.21. The minimum absolute atomic E-state index is 0. The van der Waals surface area contributed by atoms with Gasteiger partial charge in [-0.05, 0) is 24.3 Å². The molecule has 15 heteroatoms. The summed E-state index contributed by atoms with van der Waals surface area (Å²) in [5.74, 6) is 0. The summed E-state index contributed by atoms with van der Waals surface area (Å²) in [6.45, 7) is 0. The molecule has 2 rings (SSSR count). The van der Waals surface area contributed by atoms with Gasteiger partial charge in [-0.3, -0.25) is 9.97 Å². The molecule has 0 unspecified atom stereocenters. The topological polar surface area (TPSA) is 272 Å². The van der Waals surface area contributed by atoms with Crippen molar-refractivity contribution in [2.45, 2.75) is 9.79 Å². The van der Waals surface area contributed by atoms with Gasteiger partial charge < -0.3 is 31.0 Å². The van der Waals surface area contributed by atoms with Crippen LogP contribution in [0.15, 0.2) is 58.8 Å². The van der Waals surface area contributed by atoms with Crippen LogP contribution in [0, 0.1) is 0 Å².